The van der Waals surface area contributed by atoms with Crippen LogP contribution in [0.1, 0.15) is 23.1 Å². The maximum atomic E-state index is 12.0. The van der Waals surface area contributed by atoms with Crippen molar-refractivity contribution in [2.75, 3.05) is 10.6 Å². The maximum Gasteiger partial charge on any atom is 0.228 e. The molecule has 2 aromatic carbocycles. The molecule has 4 heteroatoms. The number of hydrogen-bond acceptors (Lipinski definition) is 2. The summed E-state index contributed by atoms with van der Waals surface area (Å²) >= 11 is 0. The molecule has 22 heavy (non-hydrogen) atoms. The van der Waals surface area contributed by atoms with Gasteiger partial charge in [-0.1, -0.05) is 29.8 Å². The third-order valence-corrected chi connectivity index (χ3v) is 3.74. The highest BCUT2D eigenvalue weighted by Gasteiger charge is 2.17. The first-order chi connectivity index (χ1) is 10.6. The molecule has 1 heterocycles. The molecule has 0 unspecified atom stereocenters. The molecular weight excluding hydrogens is 276 g/mol. The fourth-order valence-electron chi connectivity index (χ4n) is 2.66. The van der Waals surface area contributed by atoms with Gasteiger partial charge in [0.15, 0.2) is 0 Å². The highest BCUT2D eigenvalue weighted by Crippen LogP contribution is 2.26. The van der Waals surface area contributed by atoms with Gasteiger partial charge in [-0.3, -0.25) is 9.59 Å². The summed E-state index contributed by atoms with van der Waals surface area (Å²) in [7, 11) is 0. The lowest BCUT2D eigenvalue weighted by atomic mass is 10.1. The number of carbonyl (C=O) groups is 2. The first kappa shape index (κ1) is 14.3. The molecule has 0 atom stereocenters. The molecule has 3 rings (SSSR count). The molecule has 0 radical (unpaired) electrons. The quantitative estimate of drug-likeness (QED) is 0.910. The Balaban J connectivity index is 1.58. The van der Waals surface area contributed by atoms with E-state index in [-0.39, 0.29) is 11.8 Å². The van der Waals surface area contributed by atoms with Gasteiger partial charge in [0.2, 0.25) is 11.8 Å². The van der Waals surface area contributed by atoms with Crippen molar-refractivity contribution in [1.29, 1.82) is 0 Å². The zero-order chi connectivity index (χ0) is 15.5. The number of aryl methyl sites for hydroxylation is 2. The Labute approximate surface area is 129 Å². The average molecular weight is 294 g/mol. The van der Waals surface area contributed by atoms with Gasteiger partial charge in [-0.05, 0) is 42.7 Å². The summed E-state index contributed by atoms with van der Waals surface area (Å²) in [5, 5.41) is 5.67. The fourth-order valence-corrected chi connectivity index (χ4v) is 2.66. The van der Waals surface area contributed by atoms with Crippen LogP contribution in [0.4, 0.5) is 11.4 Å². The van der Waals surface area contributed by atoms with E-state index in [9.17, 15) is 9.59 Å². The van der Waals surface area contributed by atoms with E-state index in [2.05, 4.69) is 16.7 Å². The summed E-state index contributed by atoms with van der Waals surface area (Å²) in [5.74, 6) is -0.0170. The molecule has 2 aromatic rings. The second-order valence-electron chi connectivity index (χ2n) is 5.63. The van der Waals surface area contributed by atoms with Gasteiger partial charge in [0, 0.05) is 17.8 Å². The van der Waals surface area contributed by atoms with Crippen molar-refractivity contribution < 1.29 is 9.59 Å². The SMILES string of the molecule is Cc1cccc(CCC(=O)Nc2ccc3c(c2)CC(=O)N3)c1. The van der Waals surface area contributed by atoms with Crippen molar-refractivity contribution in [2.24, 2.45) is 0 Å². The van der Waals surface area contributed by atoms with Gasteiger partial charge in [-0.15, -0.1) is 0 Å². The number of rotatable bonds is 4. The van der Waals surface area contributed by atoms with E-state index in [1.807, 2.05) is 43.3 Å². The van der Waals surface area contributed by atoms with Crippen LogP contribution in [0.15, 0.2) is 42.5 Å². The smallest absolute Gasteiger partial charge is 0.228 e. The number of fused-ring (bicyclic) bond motifs is 1. The van der Waals surface area contributed by atoms with Crippen molar-refractivity contribution in [3.8, 4) is 0 Å². The largest absolute Gasteiger partial charge is 0.326 e. The summed E-state index contributed by atoms with van der Waals surface area (Å²) in [5.41, 5.74) is 4.88. The van der Waals surface area contributed by atoms with Crippen molar-refractivity contribution in [3.05, 3.63) is 59.2 Å². The molecule has 0 saturated heterocycles. The first-order valence-corrected chi connectivity index (χ1v) is 7.38. The Kier molecular flexibility index (Phi) is 3.92. The van der Waals surface area contributed by atoms with Gasteiger partial charge in [-0.25, -0.2) is 0 Å². The number of benzene rings is 2. The lowest BCUT2D eigenvalue weighted by Crippen LogP contribution is -2.12. The summed E-state index contributed by atoms with van der Waals surface area (Å²) in [6.45, 7) is 2.05. The Morgan fingerprint density at radius 2 is 2.09 bits per heavy atom. The van der Waals surface area contributed by atoms with Crippen LogP contribution in [0.5, 0.6) is 0 Å². The molecule has 0 aromatic heterocycles. The standard InChI is InChI=1S/C18H18N2O2/c1-12-3-2-4-13(9-12)5-8-17(21)19-15-6-7-16-14(10-15)11-18(22)20-16/h2-4,6-7,9-10H,5,8,11H2,1H3,(H,19,21)(H,20,22). The van der Waals surface area contributed by atoms with Crippen LogP contribution in [-0.4, -0.2) is 11.8 Å². The van der Waals surface area contributed by atoms with Gasteiger partial charge in [0.25, 0.3) is 0 Å². The van der Waals surface area contributed by atoms with E-state index in [4.69, 9.17) is 0 Å². The van der Waals surface area contributed by atoms with E-state index < -0.39 is 0 Å². The van der Waals surface area contributed by atoms with E-state index in [0.29, 0.717) is 12.8 Å². The van der Waals surface area contributed by atoms with Crippen LogP contribution in [0.3, 0.4) is 0 Å². The van der Waals surface area contributed by atoms with Gasteiger partial charge < -0.3 is 10.6 Å². The predicted molar refractivity (Wildman–Crippen MR) is 86.9 cm³/mol. The zero-order valence-corrected chi connectivity index (χ0v) is 12.5. The minimum absolute atomic E-state index is 0.00192. The number of nitrogens with one attached hydrogen (secondary N) is 2. The van der Waals surface area contributed by atoms with Crippen molar-refractivity contribution in [1.82, 2.24) is 0 Å². The number of hydrogen-bond donors (Lipinski definition) is 2. The molecule has 1 aliphatic heterocycles. The molecule has 0 aliphatic carbocycles. The van der Waals surface area contributed by atoms with Gasteiger partial charge in [0.1, 0.15) is 0 Å². The topological polar surface area (TPSA) is 58.2 Å². The lowest BCUT2D eigenvalue weighted by molar-refractivity contribution is -0.116. The Morgan fingerprint density at radius 3 is 2.91 bits per heavy atom. The Hall–Kier alpha value is -2.62. The van der Waals surface area contributed by atoms with E-state index in [1.165, 1.54) is 11.1 Å². The summed E-state index contributed by atoms with van der Waals surface area (Å²) in [4.78, 5) is 23.4. The number of carbonyl (C=O) groups excluding carboxylic acids is 2. The van der Waals surface area contributed by atoms with E-state index >= 15 is 0 Å². The second kappa shape index (κ2) is 6.02. The van der Waals surface area contributed by atoms with Crippen LogP contribution in [-0.2, 0) is 22.4 Å². The predicted octanol–water partition coefficient (Wildman–Crippen LogP) is 3.06. The molecule has 0 saturated carbocycles. The van der Waals surface area contributed by atoms with Crippen molar-refractivity contribution in [3.63, 3.8) is 0 Å². The summed E-state index contributed by atoms with van der Waals surface area (Å²) in [6.07, 6.45) is 1.54. The van der Waals surface area contributed by atoms with Gasteiger partial charge >= 0.3 is 0 Å². The van der Waals surface area contributed by atoms with Crippen LogP contribution < -0.4 is 10.6 Å². The molecule has 4 nitrogen and oxygen atoms in total. The Bertz CT molecular complexity index is 738. The van der Waals surface area contributed by atoms with Crippen LogP contribution >= 0.6 is 0 Å². The monoisotopic (exact) mass is 294 g/mol. The summed E-state index contributed by atoms with van der Waals surface area (Å²) in [6, 6.07) is 13.7. The first-order valence-electron chi connectivity index (χ1n) is 7.38. The molecule has 2 N–H and O–H groups in total. The average Bonchev–Trinajstić information content (AvgIpc) is 2.84. The number of amides is 2. The highest BCUT2D eigenvalue weighted by molar-refractivity contribution is 6.00. The lowest BCUT2D eigenvalue weighted by Gasteiger charge is -2.07. The molecule has 2 amide bonds. The molecule has 0 bridgehead atoms. The minimum atomic E-state index is -0.0151. The van der Waals surface area contributed by atoms with Crippen molar-refractivity contribution >= 4 is 23.2 Å². The van der Waals surface area contributed by atoms with E-state index in [0.717, 1.165) is 23.4 Å². The minimum Gasteiger partial charge on any atom is -0.326 e. The fraction of sp³-hybridized carbons (Fsp3) is 0.222. The highest BCUT2D eigenvalue weighted by atomic mass is 16.2. The molecule has 0 fully saturated rings. The van der Waals surface area contributed by atoms with Crippen LogP contribution in [0.25, 0.3) is 0 Å². The molecule has 0 spiro atoms. The second-order valence-corrected chi connectivity index (χ2v) is 5.63. The van der Waals surface area contributed by atoms with Crippen molar-refractivity contribution in [2.45, 2.75) is 26.2 Å². The zero-order valence-electron chi connectivity index (χ0n) is 12.5. The number of anilines is 2. The third-order valence-electron chi connectivity index (χ3n) is 3.74. The normalized spacial score (nSPS) is 12.7. The molecule has 112 valence electrons. The van der Waals surface area contributed by atoms with Gasteiger partial charge in [0.05, 0.1) is 6.42 Å². The van der Waals surface area contributed by atoms with Crippen LogP contribution in [0, 0.1) is 6.92 Å². The van der Waals surface area contributed by atoms with Gasteiger partial charge in [-0.2, -0.15) is 0 Å². The third kappa shape index (κ3) is 3.34. The Morgan fingerprint density at radius 1 is 1.23 bits per heavy atom. The maximum absolute atomic E-state index is 12.0. The molecule has 1 aliphatic rings. The molecular formula is C18H18N2O2. The van der Waals surface area contributed by atoms with E-state index in [1.54, 1.807) is 0 Å². The summed E-state index contributed by atoms with van der Waals surface area (Å²) < 4.78 is 0. The van der Waals surface area contributed by atoms with Crippen LogP contribution in [0.2, 0.25) is 0 Å².